The second kappa shape index (κ2) is 8.55. The Balaban J connectivity index is 2.68. The van der Waals surface area contributed by atoms with Crippen LogP contribution in [0.3, 0.4) is 0 Å². The summed E-state index contributed by atoms with van der Waals surface area (Å²) in [6, 6.07) is 8.52. The van der Waals surface area contributed by atoms with E-state index in [2.05, 4.69) is 6.07 Å². The molecule has 110 valence electrons. The van der Waals surface area contributed by atoms with Gasteiger partial charge in [-0.1, -0.05) is 18.6 Å². The number of unbranched alkanes of at least 4 members (excludes halogenated alkanes) is 2. The minimum Gasteiger partial charge on any atom is -0.508 e. The van der Waals surface area contributed by atoms with Gasteiger partial charge in [-0.2, -0.15) is 5.26 Å². The van der Waals surface area contributed by atoms with E-state index in [-0.39, 0.29) is 11.7 Å². The Morgan fingerprint density at radius 3 is 2.70 bits per heavy atom. The first-order chi connectivity index (χ1) is 9.54. The number of aromatic hydroxyl groups is 1. The molecule has 4 heteroatoms. The highest BCUT2D eigenvalue weighted by molar-refractivity contribution is 5.29. The summed E-state index contributed by atoms with van der Waals surface area (Å²) in [6.45, 7) is 0.656. The predicted molar refractivity (Wildman–Crippen MR) is 78.1 cm³/mol. The molecule has 0 aliphatic carbocycles. The van der Waals surface area contributed by atoms with Crippen molar-refractivity contribution in [3.8, 4) is 11.8 Å². The SMILES string of the molecule is CN(C)C[C@H](CCCCC#N)[C@H](F)c1cccc(O)c1. The summed E-state index contributed by atoms with van der Waals surface area (Å²) in [6.07, 6.45) is 1.85. The van der Waals surface area contributed by atoms with Crippen LogP contribution in [0.2, 0.25) is 0 Å². The molecule has 0 saturated carbocycles. The zero-order chi connectivity index (χ0) is 15.0. The van der Waals surface area contributed by atoms with E-state index in [1.165, 1.54) is 6.07 Å². The largest absolute Gasteiger partial charge is 0.508 e. The molecular weight excluding hydrogens is 255 g/mol. The smallest absolute Gasteiger partial charge is 0.129 e. The summed E-state index contributed by atoms with van der Waals surface area (Å²) < 4.78 is 14.6. The molecular formula is C16H23FN2O. The third-order valence-corrected chi connectivity index (χ3v) is 3.32. The van der Waals surface area contributed by atoms with Crippen LogP contribution in [0.4, 0.5) is 4.39 Å². The van der Waals surface area contributed by atoms with Crippen LogP contribution in [0, 0.1) is 17.2 Å². The van der Waals surface area contributed by atoms with Gasteiger partial charge in [0, 0.05) is 18.9 Å². The Bertz CT molecular complexity index is 442. The quantitative estimate of drug-likeness (QED) is 0.738. The molecule has 1 aromatic rings. The van der Waals surface area contributed by atoms with Gasteiger partial charge in [-0.05, 0) is 44.6 Å². The summed E-state index contributed by atoms with van der Waals surface area (Å²) >= 11 is 0. The zero-order valence-corrected chi connectivity index (χ0v) is 12.2. The van der Waals surface area contributed by atoms with Crippen LogP contribution in [0.15, 0.2) is 24.3 Å². The standard InChI is InChI=1S/C16H23FN2O/c1-19(2)12-14(7-4-3-5-10-18)16(17)13-8-6-9-15(20)11-13/h6,8-9,11,14,16,20H,3-5,7,12H2,1-2H3/t14-,16+/m0/s1. The van der Waals surface area contributed by atoms with Crippen LogP contribution in [-0.2, 0) is 0 Å². The summed E-state index contributed by atoms with van der Waals surface area (Å²) in [5.74, 6) is -0.0243. The highest BCUT2D eigenvalue weighted by atomic mass is 19.1. The molecule has 1 N–H and O–H groups in total. The van der Waals surface area contributed by atoms with E-state index in [9.17, 15) is 9.50 Å². The maximum absolute atomic E-state index is 14.6. The maximum atomic E-state index is 14.6. The average Bonchev–Trinajstić information content (AvgIpc) is 2.41. The first kappa shape index (κ1) is 16.5. The molecule has 3 nitrogen and oxygen atoms in total. The number of nitrogens with zero attached hydrogens (tertiary/aromatic N) is 2. The molecule has 0 bridgehead atoms. The van der Waals surface area contributed by atoms with Crippen molar-refractivity contribution in [1.82, 2.24) is 4.90 Å². The monoisotopic (exact) mass is 278 g/mol. The number of benzene rings is 1. The van der Waals surface area contributed by atoms with Gasteiger partial charge in [0.1, 0.15) is 11.9 Å². The number of phenolic OH excluding ortho intramolecular Hbond substituents is 1. The number of hydrogen-bond donors (Lipinski definition) is 1. The lowest BCUT2D eigenvalue weighted by Crippen LogP contribution is -2.25. The molecule has 0 spiro atoms. The molecule has 0 aliphatic rings. The van der Waals surface area contributed by atoms with E-state index in [0.717, 1.165) is 19.3 Å². The molecule has 20 heavy (non-hydrogen) atoms. The molecule has 0 saturated heterocycles. The van der Waals surface area contributed by atoms with Gasteiger partial charge in [0.25, 0.3) is 0 Å². The zero-order valence-electron chi connectivity index (χ0n) is 12.2. The molecule has 2 atom stereocenters. The molecule has 0 aliphatic heterocycles. The van der Waals surface area contributed by atoms with E-state index in [1.54, 1.807) is 18.2 Å². The van der Waals surface area contributed by atoms with Crippen LogP contribution in [0.5, 0.6) is 5.75 Å². The lowest BCUT2D eigenvalue weighted by Gasteiger charge is -2.24. The first-order valence-corrected chi connectivity index (χ1v) is 6.99. The summed E-state index contributed by atoms with van der Waals surface area (Å²) in [4.78, 5) is 1.98. The van der Waals surface area contributed by atoms with Crippen molar-refractivity contribution in [3.63, 3.8) is 0 Å². The molecule has 0 heterocycles. The topological polar surface area (TPSA) is 47.3 Å². The first-order valence-electron chi connectivity index (χ1n) is 6.99. The van der Waals surface area contributed by atoms with Crippen molar-refractivity contribution in [3.05, 3.63) is 29.8 Å². The maximum Gasteiger partial charge on any atom is 0.129 e. The van der Waals surface area contributed by atoms with Gasteiger partial charge in [0.15, 0.2) is 0 Å². The predicted octanol–water partition coefficient (Wildman–Crippen LogP) is 3.66. The van der Waals surface area contributed by atoms with Gasteiger partial charge in [0.2, 0.25) is 0 Å². The van der Waals surface area contributed by atoms with Crippen molar-refractivity contribution >= 4 is 0 Å². The van der Waals surface area contributed by atoms with Crippen LogP contribution >= 0.6 is 0 Å². The van der Waals surface area contributed by atoms with Crippen LogP contribution < -0.4 is 0 Å². The minimum absolute atomic E-state index is 0.0956. The second-order valence-corrected chi connectivity index (χ2v) is 5.42. The highest BCUT2D eigenvalue weighted by Crippen LogP contribution is 2.32. The normalized spacial score (nSPS) is 13.9. The van der Waals surface area contributed by atoms with E-state index in [4.69, 9.17) is 5.26 Å². The molecule has 1 aromatic carbocycles. The molecule has 0 aromatic heterocycles. The fourth-order valence-electron chi connectivity index (χ4n) is 2.38. The number of nitriles is 1. The van der Waals surface area contributed by atoms with Crippen LogP contribution in [0.25, 0.3) is 0 Å². The number of rotatable bonds is 8. The van der Waals surface area contributed by atoms with Gasteiger partial charge in [0.05, 0.1) is 6.07 Å². The molecule has 0 fully saturated rings. The van der Waals surface area contributed by atoms with E-state index in [1.807, 2.05) is 19.0 Å². The fourth-order valence-corrected chi connectivity index (χ4v) is 2.38. The van der Waals surface area contributed by atoms with Crippen LogP contribution in [-0.4, -0.2) is 30.6 Å². The molecule has 0 amide bonds. The van der Waals surface area contributed by atoms with Crippen molar-refractivity contribution in [2.45, 2.75) is 31.9 Å². The van der Waals surface area contributed by atoms with E-state index in [0.29, 0.717) is 18.5 Å². The summed E-state index contributed by atoms with van der Waals surface area (Å²) in [5, 5.41) is 18.0. The summed E-state index contributed by atoms with van der Waals surface area (Å²) in [5.41, 5.74) is 0.525. The van der Waals surface area contributed by atoms with Crippen molar-refractivity contribution in [2.75, 3.05) is 20.6 Å². The van der Waals surface area contributed by atoms with Crippen molar-refractivity contribution in [2.24, 2.45) is 5.92 Å². The Morgan fingerprint density at radius 1 is 1.35 bits per heavy atom. The average molecular weight is 278 g/mol. The molecule has 0 unspecified atom stereocenters. The van der Waals surface area contributed by atoms with Crippen molar-refractivity contribution < 1.29 is 9.50 Å². The van der Waals surface area contributed by atoms with Gasteiger partial charge in [-0.25, -0.2) is 4.39 Å². The van der Waals surface area contributed by atoms with Crippen LogP contribution in [0.1, 0.15) is 37.4 Å². The second-order valence-electron chi connectivity index (χ2n) is 5.42. The van der Waals surface area contributed by atoms with Gasteiger partial charge >= 0.3 is 0 Å². The lowest BCUT2D eigenvalue weighted by atomic mass is 9.91. The Labute approximate surface area is 120 Å². The van der Waals surface area contributed by atoms with Crippen molar-refractivity contribution in [1.29, 1.82) is 5.26 Å². The number of hydrogen-bond acceptors (Lipinski definition) is 3. The lowest BCUT2D eigenvalue weighted by molar-refractivity contribution is 0.174. The Hall–Kier alpha value is -1.60. The van der Waals surface area contributed by atoms with Gasteiger partial charge < -0.3 is 10.0 Å². The van der Waals surface area contributed by atoms with Gasteiger partial charge in [-0.15, -0.1) is 0 Å². The minimum atomic E-state index is -1.09. The third kappa shape index (κ3) is 5.58. The Kier molecular flexibility index (Phi) is 7.03. The van der Waals surface area contributed by atoms with Gasteiger partial charge in [-0.3, -0.25) is 0 Å². The number of alkyl halides is 1. The van der Waals surface area contributed by atoms with E-state index >= 15 is 0 Å². The Morgan fingerprint density at radius 2 is 2.10 bits per heavy atom. The number of halogens is 1. The number of phenols is 1. The third-order valence-electron chi connectivity index (χ3n) is 3.32. The highest BCUT2D eigenvalue weighted by Gasteiger charge is 2.23. The van der Waals surface area contributed by atoms with E-state index < -0.39 is 6.17 Å². The molecule has 1 rings (SSSR count). The fraction of sp³-hybridized carbons (Fsp3) is 0.562. The molecule has 0 radical (unpaired) electrons. The summed E-state index contributed by atoms with van der Waals surface area (Å²) in [7, 11) is 3.86.